The lowest BCUT2D eigenvalue weighted by molar-refractivity contribution is 0.564. The van der Waals surface area contributed by atoms with E-state index in [0.29, 0.717) is 6.04 Å². The molecule has 0 bridgehead atoms. The summed E-state index contributed by atoms with van der Waals surface area (Å²) in [6.45, 7) is 6.13. The Kier molecular flexibility index (Phi) is 3.80. The third-order valence-corrected chi connectivity index (χ3v) is 3.85. The highest BCUT2D eigenvalue weighted by molar-refractivity contribution is 5.81. The molecule has 0 atom stereocenters. The molecule has 1 aromatic carbocycles. The van der Waals surface area contributed by atoms with E-state index in [1.54, 1.807) is 0 Å². The van der Waals surface area contributed by atoms with Crippen molar-refractivity contribution < 1.29 is 0 Å². The zero-order valence-electron chi connectivity index (χ0n) is 12.9. The Labute approximate surface area is 125 Å². The smallest absolute Gasteiger partial charge is 0.0951 e. The second-order valence-electron chi connectivity index (χ2n) is 5.75. The number of nitrogens with one attached hydrogen (secondary N) is 1. The highest BCUT2D eigenvalue weighted by atomic mass is 15.1. The third kappa shape index (κ3) is 2.72. The average Bonchev–Trinajstić information content (AvgIpc) is 3.07. The molecule has 0 radical (unpaired) electrons. The van der Waals surface area contributed by atoms with Gasteiger partial charge >= 0.3 is 0 Å². The molecule has 21 heavy (non-hydrogen) atoms. The standard InChI is InChI=1S/C17H22N4/c1-13(2)21-12-19-10-16(21)11-20-7-6-15-8-14(9-18-3)4-5-17(15)20/h4-8,10,12-13,18H,9,11H2,1-3H3. The van der Waals surface area contributed by atoms with E-state index >= 15 is 0 Å². The first-order valence-electron chi connectivity index (χ1n) is 7.42. The summed E-state index contributed by atoms with van der Waals surface area (Å²) in [7, 11) is 1.97. The van der Waals surface area contributed by atoms with Crippen LogP contribution in [-0.2, 0) is 13.1 Å². The van der Waals surface area contributed by atoms with Crippen LogP contribution in [0.3, 0.4) is 0 Å². The van der Waals surface area contributed by atoms with Crippen molar-refractivity contribution in [1.29, 1.82) is 0 Å². The Morgan fingerprint density at radius 3 is 2.86 bits per heavy atom. The van der Waals surface area contributed by atoms with Crippen LogP contribution in [0.5, 0.6) is 0 Å². The quantitative estimate of drug-likeness (QED) is 0.780. The van der Waals surface area contributed by atoms with E-state index in [1.807, 2.05) is 19.6 Å². The molecule has 0 fully saturated rings. The fourth-order valence-corrected chi connectivity index (χ4v) is 2.80. The molecule has 0 spiro atoms. The van der Waals surface area contributed by atoms with Crippen molar-refractivity contribution in [3.63, 3.8) is 0 Å². The van der Waals surface area contributed by atoms with E-state index < -0.39 is 0 Å². The maximum Gasteiger partial charge on any atom is 0.0951 e. The fraction of sp³-hybridized carbons (Fsp3) is 0.353. The predicted molar refractivity (Wildman–Crippen MR) is 86.4 cm³/mol. The summed E-state index contributed by atoms with van der Waals surface area (Å²) < 4.78 is 4.51. The van der Waals surface area contributed by atoms with Crippen molar-refractivity contribution in [3.8, 4) is 0 Å². The van der Waals surface area contributed by atoms with E-state index in [2.05, 4.69) is 63.7 Å². The normalized spacial score (nSPS) is 11.6. The molecule has 0 aliphatic carbocycles. The third-order valence-electron chi connectivity index (χ3n) is 3.85. The molecule has 3 rings (SSSR count). The Bertz CT molecular complexity index is 736. The summed E-state index contributed by atoms with van der Waals surface area (Å²) >= 11 is 0. The van der Waals surface area contributed by atoms with Gasteiger partial charge in [0.05, 0.1) is 18.6 Å². The highest BCUT2D eigenvalue weighted by Gasteiger charge is 2.08. The fourth-order valence-electron chi connectivity index (χ4n) is 2.80. The zero-order chi connectivity index (χ0) is 14.8. The summed E-state index contributed by atoms with van der Waals surface area (Å²) in [6.07, 6.45) is 6.03. The lowest BCUT2D eigenvalue weighted by Gasteiger charge is -2.13. The van der Waals surface area contributed by atoms with Crippen molar-refractivity contribution in [3.05, 3.63) is 54.2 Å². The van der Waals surface area contributed by atoms with Gasteiger partial charge in [-0.1, -0.05) is 6.07 Å². The van der Waals surface area contributed by atoms with Gasteiger partial charge < -0.3 is 14.5 Å². The van der Waals surface area contributed by atoms with Crippen LogP contribution in [-0.4, -0.2) is 21.2 Å². The lowest BCUT2D eigenvalue weighted by Crippen LogP contribution is -2.08. The van der Waals surface area contributed by atoms with Crippen molar-refractivity contribution in [1.82, 2.24) is 19.4 Å². The molecule has 2 aromatic heterocycles. The summed E-state index contributed by atoms with van der Waals surface area (Å²) in [5.74, 6) is 0. The largest absolute Gasteiger partial charge is 0.341 e. The molecule has 0 aliphatic rings. The number of hydrogen-bond donors (Lipinski definition) is 1. The van der Waals surface area contributed by atoms with Crippen LogP contribution in [0.15, 0.2) is 43.0 Å². The van der Waals surface area contributed by atoms with Crippen LogP contribution >= 0.6 is 0 Å². The molecule has 3 aromatic rings. The van der Waals surface area contributed by atoms with Crippen molar-refractivity contribution in [2.24, 2.45) is 0 Å². The molecule has 0 aliphatic heterocycles. The van der Waals surface area contributed by atoms with E-state index in [4.69, 9.17) is 0 Å². The minimum absolute atomic E-state index is 0.437. The van der Waals surface area contributed by atoms with Crippen molar-refractivity contribution in [2.75, 3.05) is 7.05 Å². The molecule has 110 valence electrons. The molecule has 1 N–H and O–H groups in total. The van der Waals surface area contributed by atoms with Crippen LogP contribution in [0.2, 0.25) is 0 Å². The molecule has 2 heterocycles. The van der Waals surface area contributed by atoms with Gasteiger partial charge in [-0.15, -0.1) is 0 Å². The topological polar surface area (TPSA) is 34.8 Å². The van der Waals surface area contributed by atoms with Gasteiger partial charge in [-0.25, -0.2) is 4.98 Å². The summed E-state index contributed by atoms with van der Waals surface area (Å²) in [4.78, 5) is 4.28. The van der Waals surface area contributed by atoms with Crippen LogP contribution in [0.1, 0.15) is 31.1 Å². The highest BCUT2D eigenvalue weighted by Crippen LogP contribution is 2.20. The van der Waals surface area contributed by atoms with Crippen LogP contribution < -0.4 is 5.32 Å². The van der Waals surface area contributed by atoms with Gasteiger partial charge in [0.2, 0.25) is 0 Å². The number of hydrogen-bond acceptors (Lipinski definition) is 2. The van der Waals surface area contributed by atoms with Gasteiger partial charge in [0.15, 0.2) is 0 Å². The van der Waals surface area contributed by atoms with Gasteiger partial charge in [-0.3, -0.25) is 0 Å². The summed E-state index contributed by atoms with van der Waals surface area (Å²) in [6, 6.07) is 9.27. The number of benzene rings is 1. The van der Waals surface area contributed by atoms with Gasteiger partial charge in [-0.05, 0) is 50.0 Å². The number of aromatic nitrogens is 3. The molecule has 0 saturated heterocycles. The van der Waals surface area contributed by atoms with Crippen molar-refractivity contribution >= 4 is 10.9 Å². The van der Waals surface area contributed by atoms with E-state index in [1.165, 1.54) is 22.2 Å². The molecule has 4 heteroatoms. The predicted octanol–water partition coefficient (Wildman–Crippen LogP) is 3.19. The number of rotatable bonds is 5. The lowest BCUT2D eigenvalue weighted by atomic mass is 10.1. The van der Waals surface area contributed by atoms with E-state index in [-0.39, 0.29) is 0 Å². The van der Waals surface area contributed by atoms with Crippen molar-refractivity contribution in [2.45, 2.75) is 33.0 Å². The first kappa shape index (κ1) is 13.9. The minimum atomic E-state index is 0.437. The summed E-state index contributed by atoms with van der Waals surface area (Å²) in [5.41, 5.74) is 3.82. The van der Waals surface area contributed by atoms with Crippen LogP contribution in [0.25, 0.3) is 10.9 Å². The summed E-state index contributed by atoms with van der Waals surface area (Å²) in [5, 5.41) is 4.48. The molecule has 4 nitrogen and oxygen atoms in total. The Balaban J connectivity index is 1.92. The molecule has 0 unspecified atom stereocenters. The molecular weight excluding hydrogens is 260 g/mol. The van der Waals surface area contributed by atoms with Gasteiger partial charge in [-0.2, -0.15) is 0 Å². The Hall–Kier alpha value is -2.07. The number of nitrogens with zero attached hydrogens (tertiary/aromatic N) is 3. The monoisotopic (exact) mass is 282 g/mol. The zero-order valence-corrected chi connectivity index (χ0v) is 12.9. The minimum Gasteiger partial charge on any atom is -0.341 e. The first-order chi connectivity index (χ1) is 10.2. The molecular formula is C17H22N4. The number of fused-ring (bicyclic) bond motifs is 1. The van der Waals surface area contributed by atoms with Crippen LogP contribution in [0, 0.1) is 0 Å². The Morgan fingerprint density at radius 1 is 1.24 bits per heavy atom. The van der Waals surface area contributed by atoms with Gasteiger partial charge in [0, 0.05) is 30.5 Å². The Morgan fingerprint density at radius 2 is 2.10 bits per heavy atom. The maximum atomic E-state index is 4.28. The van der Waals surface area contributed by atoms with E-state index in [9.17, 15) is 0 Å². The van der Waals surface area contributed by atoms with Gasteiger partial charge in [0.1, 0.15) is 0 Å². The molecule has 0 amide bonds. The maximum absolute atomic E-state index is 4.28. The second-order valence-corrected chi connectivity index (χ2v) is 5.75. The van der Waals surface area contributed by atoms with E-state index in [0.717, 1.165) is 13.1 Å². The van der Waals surface area contributed by atoms with Gasteiger partial charge in [0.25, 0.3) is 0 Å². The first-order valence-corrected chi connectivity index (χ1v) is 7.42. The average molecular weight is 282 g/mol. The second kappa shape index (κ2) is 5.74. The van der Waals surface area contributed by atoms with Crippen LogP contribution in [0.4, 0.5) is 0 Å². The number of imidazole rings is 1. The SMILES string of the molecule is CNCc1ccc2c(ccn2Cc2cncn2C(C)C)c1. The molecule has 0 saturated carbocycles.